The van der Waals surface area contributed by atoms with Crippen LogP contribution in [0.4, 0.5) is 11.4 Å². The Morgan fingerprint density at radius 1 is 1.00 bits per heavy atom. The molecule has 0 fully saturated rings. The van der Waals surface area contributed by atoms with Crippen LogP contribution in [0.1, 0.15) is 5.69 Å². The van der Waals surface area contributed by atoms with Crippen LogP contribution in [0.5, 0.6) is 5.75 Å². The van der Waals surface area contributed by atoms with Crippen LogP contribution in [-0.2, 0) is 0 Å². The van der Waals surface area contributed by atoms with Crippen molar-refractivity contribution < 1.29 is 9.84 Å². The maximum absolute atomic E-state index is 11.2. The van der Waals surface area contributed by atoms with Gasteiger partial charge in [-0.15, -0.1) is 0 Å². The molecule has 7 heteroatoms. The number of aliphatic hydroxyl groups excluding tert-OH is 1. The van der Waals surface area contributed by atoms with E-state index >= 15 is 0 Å². The number of hydrazone groups is 1. The molecule has 0 bridgehead atoms. The van der Waals surface area contributed by atoms with Crippen molar-refractivity contribution in [1.82, 2.24) is 4.98 Å². The van der Waals surface area contributed by atoms with E-state index in [-0.39, 0.29) is 0 Å². The minimum atomic E-state index is -1.01. The molecule has 1 aliphatic heterocycles. The average molecular weight is 439 g/mol. The molecule has 2 heterocycles. The molecule has 1 atom stereocenters. The van der Waals surface area contributed by atoms with E-state index in [1.165, 1.54) is 0 Å². The van der Waals surface area contributed by atoms with Gasteiger partial charge in [-0.3, -0.25) is 4.98 Å². The summed E-state index contributed by atoms with van der Waals surface area (Å²) < 4.78 is 6.35. The summed E-state index contributed by atoms with van der Waals surface area (Å²) in [5.74, 6) is 0.677. The van der Waals surface area contributed by atoms with E-state index in [1.807, 2.05) is 71.6 Å². The van der Waals surface area contributed by atoms with Crippen molar-refractivity contribution in [3.8, 4) is 5.75 Å². The molecule has 1 aliphatic rings. The zero-order chi connectivity index (χ0) is 19.5. The standard InChI is InChI=1S/C21H19BrN4O2/c1-28-20-12-5-4-11-19(20)25-14-17(16-9-6-7-13-23-16)24-26(21(25)27)18-10-3-2-8-15(18)22/h2-13,21,27H,14H2,1H3. The molecule has 0 amide bonds. The van der Waals surface area contributed by atoms with Gasteiger partial charge in [-0.25, -0.2) is 5.01 Å². The van der Waals surface area contributed by atoms with Gasteiger partial charge >= 0.3 is 0 Å². The molecule has 1 N–H and O–H groups in total. The van der Waals surface area contributed by atoms with Crippen LogP contribution in [0.2, 0.25) is 0 Å². The van der Waals surface area contributed by atoms with E-state index in [9.17, 15) is 5.11 Å². The highest BCUT2D eigenvalue weighted by Crippen LogP contribution is 2.35. The average Bonchev–Trinajstić information content (AvgIpc) is 2.75. The Kier molecular flexibility index (Phi) is 5.27. The lowest BCUT2D eigenvalue weighted by Crippen LogP contribution is -2.53. The molecule has 3 aromatic rings. The first-order valence-electron chi connectivity index (χ1n) is 8.79. The number of methoxy groups -OCH3 is 1. The van der Waals surface area contributed by atoms with Crippen LogP contribution in [0.25, 0.3) is 0 Å². The van der Waals surface area contributed by atoms with E-state index in [0.717, 1.165) is 27.3 Å². The third kappa shape index (κ3) is 3.46. The lowest BCUT2D eigenvalue weighted by atomic mass is 10.2. The van der Waals surface area contributed by atoms with E-state index < -0.39 is 6.35 Å². The first-order valence-corrected chi connectivity index (χ1v) is 9.58. The van der Waals surface area contributed by atoms with Gasteiger partial charge < -0.3 is 14.7 Å². The first-order chi connectivity index (χ1) is 13.7. The normalized spacial score (nSPS) is 16.7. The summed E-state index contributed by atoms with van der Waals surface area (Å²) in [6.07, 6.45) is 0.724. The molecule has 28 heavy (non-hydrogen) atoms. The molecular weight excluding hydrogens is 420 g/mol. The van der Waals surface area contributed by atoms with Crippen molar-refractivity contribution in [2.24, 2.45) is 5.10 Å². The zero-order valence-electron chi connectivity index (χ0n) is 15.2. The first kappa shape index (κ1) is 18.5. The van der Waals surface area contributed by atoms with Crippen molar-refractivity contribution >= 4 is 33.0 Å². The van der Waals surface area contributed by atoms with Crippen LogP contribution >= 0.6 is 15.9 Å². The number of rotatable bonds is 4. The minimum absolute atomic E-state index is 0.388. The van der Waals surface area contributed by atoms with Crippen molar-refractivity contribution in [1.29, 1.82) is 0 Å². The van der Waals surface area contributed by atoms with E-state index in [1.54, 1.807) is 18.3 Å². The smallest absolute Gasteiger partial charge is 0.228 e. The fourth-order valence-electron chi connectivity index (χ4n) is 3.15. The second-order valence-electron chi connectivity index (χ2n) is 6.20. The largest absolute Gasteiger partial charge is 0.495 e. The van der Waals surface area contributed by atoms with Gasteiger partial charge in [-0.05, 0) is 52.3 Å². The number of benzene rings is 2. The van der Waals surface area contributed by atoms with Gasteiger partial charge in [0.05, 0.1) is 30.7 Å². The number of hydrogen-bond donors (Lipinski definition) is 1. The van der Waals surface area contributed by atoms with Crippen LogP contribution in [0.15, 0.2) is 82.5 Å². The number of pyridine rings is 1. The summed E-state index contributed by atoms with van der Waals surface area (Å²) in [7, 11) is 1.62. The van der Waals surface area contributed by atoms with Gasteiger partial charge in [0.1, 0.15) is 11.5 Å². The van der Waals surface area contributed by atoms with Gasteiger partial charge in [0.2, 0.25) is 6.35 Å². The fraction of sp³-hybridized carbons (Fsp3) is 0.143. The van der Waals surface area contributed by atoms with E-state index in [4.69, 9.17) is 9.84 Å². The summed E-state index contributed by atoms with van der Waals surface area (Å²) in [6.45, 7) is 0.388. The molecule has 0 saturated carbocycles. The number of hydrogen-bond acceptors (Lipinski definition) is 6. The summed E-state index contributed by atoms with van der Waals surface area (Å²) >= 11 is 3.56. The third-order valence-electron chi connectivity index (χ3n) is 4.50. The molecule has 4 rings (SSSR count). The fourth-order valence-corrected chi connectivity index (χ4v) is 3.61. The highest BCUT2D eigenvalue weighted by molar-refractivity contribution is 9.10. The summed E-state index contributed by atoms with van der Waals surface area (Å²) in [4.78, 5) is 6.28. The van der Waals surface area contributed by atoms with E-state index in [0.29, 0.717) is 12.3 Å². The predicted octanol–water partition coefficient (Wildman–Crippen LogP) is 3.86. The van der Waals surface area contributed by atoms with Crippen molar-refractivity contribution in [2.45, 2.75) is 6.35 Å². The quantitative estimate of drug-likeness (QED) is 0.669. The number of halogens is 1. The molecule has 0 radical (unpaired) electrons. The van der Waals surface area contributed by atoms with Crippen molar-refractivity contribution in [2.75, 3.05) is 23.6 Å². The molecule has 0 saturated heterocycles. The van der Waals surface area contributed by atoms with Crippen LogP contribution < -0.4 is 14.6 Å². The lowest BCUT2D eigenvalue weighted by molar-refractivity contribution is 0.162. The topological polar surface area (TPSA) is 61.2 Å². The Morgan fingerprint density at radius 3 is 2.43 bits per heavy atom. The summed E-state index contributed by atoms with van der Waals surface area (Å²) in [5.41, 5.74) is 3.03. The molecule has 1 unspecified atom stereocenters. The minimum Gasteiger partial charge on any atom is -0.495 e. The maximum atomic E-state index is 11.2. The Labute approximate surface area is 171 Å². The summed E-state index contributed by atoms with van der Waals surface area (Å²) in [6, 6.07) is 21.0. The Hall–Kier alpha value is -2.90. The molecule has 2 aromatic carbocycles. The van der Waals surface area contributed by atoms with Gasteiger partial charge in [0.25, 0.3) is 0 Å². The van der Waals surface area contributed by atoms with Gasteiger partial charge in [0.15, 0.2) is 0 Å². The highest BCUT2D eigenvalue weighted by atomic mass is 79.9. The number of ether oxygens (including phenoxy) is 1. The van der Waals surface area contributed by atoms with Gasteiger partial charge in [-0.1, -0.05) is 30.3 Å². The molecule has 1 aromatic heterocycles. The molecule has 142 valence electrons. The molecular formula is C21H19BrN4O2. The number of aliphatic hydroxyl groups is 1. The SMILES string of the molecule is COc1ccccc1N1CC(c2ccccn2)=NN(c2ccccc2Br)C1O. The Balaban J connectivity index is 1.84. The summed E-state index contributed by atoms with van der Waals surface area (Å²) in [5, 5.41) is 17.5. The molecule has 6 nitrogen and oxygen atoms in total. The van der Waals surface area contributed by atoms with Crippen molar-refractivity contribution in [3.63, 3.8) is 0 Å². The third-order valence-corrected chi connectivity index (χ3v) is 5.17. The monoisotopic (exact) mass is 438 g/mol. The second-order valence-corrected chi connectivity index (χ2v) is 7.06. The van der Waals surface area contributed by atoms with Crippen molar-refractivity contribution in [3.05, 3.63) is 83.1 Å². The molecule has 0 aliphatic carbocycles. The van der Waals surface area contributed by atoms with Gasteiger partial charge in [-0.2, -0.15) is 5.10 Å². The Morgan fingerprint density at radius 2 is 1.71 bits per heavy atom. The zero-order valence-corrected chi connectivity index (χ0v) is 16.8. The number of aromatic nitrogens is 1. The van der Waals surface area contributed by atoms with Gasteiger partial charge in [0, 0.05) is 10.7 Å². The highest BCUT2D eigenvalue weighted by Gasteiger charge is 2.33. The lowest BCUT2D eigenvalue weighted by Gasteiger charge is -2.40. The molecule has 0 spiro atoms. The Bertz CT molecular complexity index is 996. The second kappa shape index (κ2) is 8.00. The number of nitrogens with zero attached hydrogens (tertiary/aromatic N) is 4. The van der Waals surface area contributed by atoms with E-state index in [2.05, 4.69) is 20.9 Å². The van der Waals surface area contributed by atoms with Crippen LogP contribution in [0.3, 0.4) is 0 Å². The number of para-hydroxylation sites is 3. The number of anilines is 2. The predicted molar refractivity (Wildman–Crippen MR) is 114 cm³/mol. The van der Waals surface area contributed by atoms with Crippen LogP contribution in [0, 0.1) is 0 Å². The van der Waals surface area contributed by atoms with Crippen LogP contribution in [-0.4, -0.2) is 35.8 Å². The maximum Gasteiger partial charge on any atom is 0.228 e.